The highest BCUT2D eigenvalue weighted by atomic mass is 35.5. The number of methoxy groups -OCH3 is 1. The fourth-order valence-electron chi connectivity index (χ4n) is 7.98. The number of aromatic nitrogens is 4. The van der Waals surface area contributed by atoms with Crippen molar-refractivity contribution in [3.63, 3.8) is 0 Å². The third kappa shape index (κ3) is 7.17. The molecule has 1 amide bonds. The van der Waals surface area contributed by atoms with Crippen molar-refractivity contribution >= 4 is 51.8 Å². The van der Waals surface area contributed by atoms with Gasteiger partial charge < -0.3 is 29.2 Å². The first-order chi connectivity index (χ1) is 26.0. The number of benzene rings is 2. The minimum absolute atomic E-state index is 0.0840. The number of amides is 1. The van der Waals surface area contributed by atoms with E-state index in [-0.39, 0.29) is 12.5 Å². The number of hydrogen-bond acceptors (Lipinski definition) is 8. The number of rotatable bonds is 10. The summed E-state index contributed by atoms with van der Waals surface area (Å²) in [6.45, 7) is 13.0. The van der Waals surface area contributed by atoms with Gasteiger partial charge in [0.2, 0.25) is 0 Å². The van der Waals surface area contributed by atoms with Crippen LogP contribution in [0.4, 0.5) is 5.82 Å². The number of fused-ring (bicyclic) bond motifs is 3. The minimum atomic E-state index is -0.434. The Bertz CT molecular complexity index is 2230. The van der Waals surface area contributed by atoms with Crippen LogP contribution in [0.3, 0.4) is 0 Å². The summed E-state index contributed by atoms with van der Waals surface area (Å²) in [6, 6.07) is 11.4. The molecule has 54 heavy (non-hydrogen) atoms. The number of halogens is 2. The summed E-state index contributed by atoms with van der Waals surface area (Å²) in [5, 5.41) is 10.4. The highest BCUT2D eigenvalue weighted by Gasteiger charge is 2.32. The zero-order chi connectivity index (χ0) is 38.3. The van der Waals surface area contributed by atoms with Crippen LogP contribution in [-0.2, 0) is 31.3 Å². The van der Waals surface area contributed by atoms with Gasteiger partial charge in [0.25, 0.3) is 5.91 Å². The number of nitrogens with zero attached hydrogens (tertiary/aromatic N) is 6. The summed E-state index contributed by atoms with van der Waals surface area (Å²) >= 11 is 13.5. The Kier molecular flexibility index (Phi) is 10.9. The maximum Gasteiger partial charge on any atom is 0.338 e. The summed E-state index contributed by atoms with van der Waals surface area (Å²) in [5.74, 6) is 0.963. The molecule has 1 N–H and O–H groups in total. The van der Waals surface area contributed by atoms with E-state index >= 15 is 0 Å². The number of carbonyl (C=O) groups excluding carboxylic acids is 2. The van der Waals surface area contributed by atoms with Crippen molar-refractivity contribution in [1.82, 2.24) is 29.5 Å². The maximum atomic E-state index is 15.0. The van der Waals surface area contributed by atoms with Gasteiger partial charge in [0.1, 0.15) is 17.3 Å². The fourth-order valence-corrected chi connectivity index (χ4v) is 8.33. The summed E-state index contributed by atoms with van der Waals surface area (Å²) in [6.07, 6.45) is 2.01. The zero-order valence-corrected chi connectivity index (χ0v) is 33.3. The predicted octanol–water partition coefficient (Wildman–Crippen LogP) is 7.23. The zero-order valence-electron chi connectivity index (χ0n) is 31.8. The molecular weight excluding hydrogens is 725 g/mol. The maximum absolute atomic E-state index is 15.0. The molecule has 1 fully saturated rings. The number of aryl methyl sites for hydroxylation is 6. The number of hydrogen-bond donors (Lipinski definition) is 1. The quantitative estimate of drug-likeness (QED) is 0.117. The topological polar surface area (TPSA) is 107 Å². The smallest absolute Gasteiger partial charge is 0.338 e. The molecule has 284 valence electrons. The van der Waals surface area contributed by atoms with Crippen LogP contribution in [0.5, 0.6) is 5.75 Å². The first kappa shape index (κ1) is 37.7. The van der Waals surface area contributed by atoms with Gasteiger partial charge in [-0.15, -0.1) is 0 Å². The molecule has 0 radical (unpaired) electrons. The predicted molar refractivity (Wildman–Crippen MR) is 213 cm³/mol. The highest BCUT2D eigenvalue weighted by Crippen LogP contribution is 2.43. The number of ether oxygens (including phenoxy) is 2. The molecule has 1 saturated heterocycles. The fraction of sp³-hybridized carbons (Fsp3) is 0.415. The number of nitrogens with one attached hydrogen (secondary N) is 1. The van der Waals surface area contributed by atoms with Crippen molar-refractivity contribution in [2.75, 3.05) is 51.3 Å². The second-order valence-electron chi connectivity index (χ2n) is 14.3. The normalized spacial score (nSPS) is 14.8. The van der Waals surface area contributed by atoms with E-state index in [4.69, 9.17) is 42.8 Å². The monoisotopic (exact) mass is 771 g/mol. The van der Waals surface area contributed by atoms with Crippen LogP contribution in [0.25, 0.3) is 22.0 Å². The molecule has 5 heterocycles. The summed E-state index contributed by atoms with van der Waals surface area (Å²) in [4.78, 5) is 36.8. The van der Waals surface area contributed by atoms with E-state index in [0.717, 1.165) is 93.5 Å². The molecule has 0 atom stereocenters. The Morgan fingerprint density at radius 2 is 1.70 bits per heavy atom. The van der Waals surface area contributed by atoms with Crippen molar-refractivity contribution in [1.29, 1.82) is 0 Å². The van der Waals surface area contributed by atoms with Crippen molar-refractivity contribution in [2.45, 2.75) is 60.0 Å². The van der Waals surface area contributed by atoms with Crippen LogP contribution < -0.4 is 15.0 Å². The molecule has 2 aliphatic rings. The van der Waals surface area contributed by atoms with Gasteiger partial charge in [-0.05, 0) is 94.0 Å². The second kappa shape index (κ2) is 15.6. The first-order valence-electron chi connectivity index (χ1n) is 18.5. The van der Waals surface area contributed by atoms with E-state index in [1.807, 2.05) is 68.6 Å². The van der Waals surface area contributed by atoms with Crippen LogP contribution in [-0.4, -0.2) is 82.5 Å². The third-order valence-electron chi connectivity index (χ3n) is 10.7. The molecule has 2 aliphatic heterocycles. The molecular formula is C41H47Cl2N7O4. The lowest BCUT2D eigenvalue weighted by atomic mass is 9.98. The van der Waals surface area contributed by atoms with Gasteiger partial charge in [0.15, 0.2) is 0 Å². The van der Waals surface area contributed by atoms with Gasteiger partial charge in [0, 0.05) is 73.5 Å². The lowest BCUT2D eigenvalue weighted by Gasteiger charge is -2.29. The van der Waals surface area contributed by atoms with Gasteiger partial charge in [0.05, 0.1) is 47.8 Å². The molecule has 5 aromatic rings. The van der Waals surface area contributed by atoms with Crippen LogP contribution in [0.15, 0.2) is 36.4 Å². The Labute approximate surface area is 326 Å². The van der Waals surface area contributed by atoms with Crippen molar-refractivity contribution in [2.24, 2.45) is 7.05 Å². The van der Waals surface area contributed by atoms with Crippen LogP contribution in [0.1, 0.15) is 67.5 Å². The van der Waals surface area contributed by atoms with E-state index in [0.29, 0.717) is 60.3 Å². The minimum Gasteiger partial charge on any atom is -0.494 e. The van der Waals surface area contributed by atoms with Gasteiger partial charge in [-0.25, -0.2) is 9.78 Å². The Morgan fingerprint density at radius 3 is 2.39 bits per heavy atom. The highest BCUT2D eigenvalue weighted by molar-refractivity contribution is 6.35. The van der Waals surface area contributed by atoms with Crippen molar-refractivity contribution in [3.8, 4) is 16.9 Å². The van der Waals surface area contributed by atoms with Gasteiger partial charge in [-0.1, -0.05) is 29.3 Å². The average Bonchev–Trinajstić information content (AvgIpc) is 3.54. The molecule has 0 bridgehead atoms. The molecule has 0 saturated carbocycles. The van der Waals surface area contributed by atoms with Crippen LogP contribution in [0, 0.1) is 27.7 Å². The summed E-state index contributed by atoms with van der Waals surface area (Å²) < 4.78 is 15.4. The van der Waals surface area contributed by atoms with E-state index in [9.17, 15) is 9.59 Å². The molecule has 11 nitrogen and oxygen atoms in total. The second-order valence-corrected chi connectivity index (χ2v) is 15.1. The SMILES string of the molecule is COC(=O)c1cc(CN2CCCn3c(c(CCCOc4cc(C)c(Cl)c(C)c4)c4ccc(Cl)c(-c5c(C)nn(C)c5C)c43)C2=O)nc(N2CCNCC2)c1. The molecule has 0 unspecified atom stereocenters. The number of piperazine rings is 1. The number of carbonyl (C=O) groups is 2. The lowest BCUT2D eigenvalue weighted by molar-refractivity contribution is 0.0600. The van der Waals surface area contributed by atoms with Crippen LogP contribution in [0.2, 0.25) is 10.0 Å². The molecule has 7 rings (SSSR count). The Hall–Kier alpha value is -4.58. The number of anilines is 1. The molecule has 13 heteroatoms. The third-order valence-corrected chi connectivity index (χ3v) is 11.6. The number of pyridine rings is 1. The first-order valence-corrected chi connectivity index (χ1v) is 19.3. The van der Waals surface area contributed by atoms with Crippen molar-refractivity contribution < 1.29 is 19.1 Å². The van der Waals surface area contributed by atoms with E-state index in [1.54, 1.807) is 12.1 Å². The standard InChI is InChI=1S/C41H47Cl2N7O4/c1-24-19-30(20-25(2)37(24)43)54-18-7-9-31-32-10-11-33(42)36(35-26(3)46-47(5)27(35)4)38(32)50-15-8-14-49(40(51)39(31)50)23-29-21-28(41(52)53-6)22-34(45-29)48-16-12-44-13-17-48/h10-11,19-22,44H,7-9,12-18,23H2,1-6H3. The van der Waals surface area contributed by atoms with Gasteiger partial charge in [-0.3, -0.25) is 9.48 Å². The van der Waals surface area contributed by atoms with Gasteiger partial charge in [-0.2, -0.15) is 5.10 Å². The number of esters is 1. The van der Waals surface area contributed by atoms with E-state index < -0.39 is 5.97 Å². The molecule has 2 aromatic carbocycles. The molecule has 0 aliphatic carbocycles. The molecule has 0 spiro atoms. The molecule has 3 aromatic heterocycles. The van der Waals surface area contributed by atoms with Crippen molar-refractivity contribution in [3.05, 3.63) is 91.5 Å². The van der Waals surface area contributed by atoms with Gasteiger partial charge >= 0.3 is 5.97 Å². The summed E-state index contributed by atoms with van der Waals surface area (Å²) in [5.41, 5.74) is 9.30. The van der Waals surface area contributed by atoms with Crippen LogP contribution >= 0.6 is 23.2 Å². The summed E-state index contributed by atoms with van der Waals surface area (Å²) in [7, 11) is 3.31. The Morgan fingerprint density at radius 1 is 0.963 bits per heavy atom. The largest absolute Gasteiger partial charge is 0.494 e. The Balaban J connectivity index is 1.29. The van der Waals surface area contributed by atoms with E-state index in [2.05, 4.69) is 14.8 Å². The van der Waals surface area contributed by atoms with E-state index in [1.165, 1.54) is 7.11 Å². The average molecular weight is 773 g/mol. The lowest BCUT2D eigenvalue weighted by Crippen LogP contribution is -2.44.